The number of rotatable bonds is 6. The van der Waals surface area contributed by atoms with Crippen LogP contribution >= 0.6 is 11.3 Å². The lowest BCUT2D eigenvalue weighted by Gasteiger charge is -2.07. The number of thiophene rings is 1. The summed E-state index contributed by atoms with van der Waals surface area (Å²) in [5.41, 5.74) is 5.60. The molecule has 0 amide bonds. The molecule has 0 aromatic carbocycles. The van der Waals surface area contributed by atoms with Crippen molar-refractivity contribution in [2.24, 2.45) is 0 Å². The summed E-state index contributed by atoms with van der Waals surface area (Å²) in [6, 6.07) is 1.83. The third kappa shape index (κ3) is 3.84. The molecule has 1 heterocycles. The zero-order valence-electron chi connectivity index (χ0n) is 11.0. The van der Waals surface area contributed by atoms with Crippen molar-refractivity contribution in [3.8, 4) is 6.07 Å². The van der Waals surface area contributed by atoms with Crippen LogP contribution in [0.1, 0.15) is 11.8 Å². The second kappa shape index (κ2) is 5.99. The van der Waals surface area contributed by atoms with Crippen molar-refractivity contribution in [1.82, 2.24) is 0 Å². The molecule has 112 valence electrons. The number of nitrogens with one attached hydrogen (secondary N) is 1. The summed E-state index contributed by atoms with van der Waals surface area (Å²) in [7, 11) is -6.75. The van der Waals surface area contributed by atoms with Crippen LogP contribution in [0.15, 0.2) is 4.90 Å². The Morgan fingerprint density at radius 1 is 1.35 bits per heavy atom. The van der Waals surface area contributed by atoms with Gasteiger partial charge < -0.3 is 11.1 Å². The molecule has 0 saturated carbocycles. The minimum absolute atomic E-state index is 0.0515. The van der Waals surface area contributed by atoms with Gasteiger partial charge in [-0.25, -0.2) is 16.8 Å². The number of hydrogen-bond acceptors (Lipinski definition) is 8. The van der Waals surface area contributed by atoms with E-state index in [1.54, 1.807) is 0 Å². The molecule has 1 aromatic rings. The van der Waals surface area contributed by atoms with E-state index >= 15 is 0 Å². The van der Waals surface area contributed by atoms with Gasteiger partial charge in [0.25, 0.3) is 0 Å². The van der Waals surface area contributed by atoms with Crippen molar-refractivity contribution >= 4 is 41.7 Å². The van der Waals surface area contributed by atoms with E-state index < -0.39 is 19.7 Å². The average molecular weight is 337 g/mol. The number of nitrogens with zero attached hydrogens (tertiary/aromatic N) is 1. The fraction of sp³-hybridized carbons (Fsp3) is 0.500. The van der Waals surface area contributed by atoms with Gasteiger partial charge in [-0.2, -0.15) is 5.26 Å². The van der Waals surface area contributed by atoms with Crippen molar-refractivity contribution in [3.05, 3.63) is 4.88 Å². The van der Waals surface area contributed by atoms with Crippen LogP contribution in [0.4, 0.5) is 10.7 Å². The maximum atomic E-state index is 12.0. The lowest BCUT2D eigenvalue weighted by Crippen LogP contribution is -2.15. The number of hydrogen-bond donors (Lipinski definition) is 2. The standard InChI is InChI=1S/C10H15N3O4S3/c1-3-20(16,17)9-8(12)7(6-11)18-10(9)13-4-5-19(2,14)15/h13H,3-5,12H2,1-2H3. The lowest BCUT2D eigenvalue weighted by atomic mass is 10.4. The Balaban J connectivity index is 3.17. The van der Waals surface area contributed by atoms with Gasteiger partial charge in [0, 0.05) is 12.8 Å². The number of anilines is 2. The highest BCUT2D eigenvalue weighted by molar-refractivity contribution is 7.92. The first-order valence-electron chi connectivity index (χ1n) is 5.59. The molecule has 3 N–H and O–H groups in total. The van der Waals surface area contributed by atoms with Gasteiger partial charge in [0.05, 0.1) is 17.2 Å². The molecule has 0 atom stereocenters. The predicted molar refractivity (Wildman–Crippen MR) is 79.4 cm³/mol. The molecule has 0 spiro atoms. The fourth-order valence-corrected chi connectivity index (χ4v) is 4.39. The molecule has 20 heavy (non-hydrogen) atoms. The molecule has 10 heteroatoms. The highest BCUT2D eigenvalue weighted by Crippen LogP contribution is 2.39. The molecule has 0 aliphatic carbocycles. The van der Waals surface area contributed by atoms with Crippen molar-refractivity contribution in [2.75, 3.05) is 35.4 Å². The summed E-state index contributed by atoms with van der Waals surface area (Å²) < 4.78 is 46.1. The summed E-state index contributed by atoms with van der Waals surface area (Å²) in [4.78, 5) is -0.0195. The molecule has 0 radical (unpaired) electrons. The largest absolute Gasteiger partial charge is 0.396 e. The van der Waals surface area contributed by atoms with Gasteiger partial charge in [-0.3, -0.25) is 0 Å². The molecule has 0 bridgehead atoms. The molecule has 1 rings (SSSR count). The van der Waals surface area contributed by atoms with E-state index in [1.807, 2.05) is 6.07 Å². The van der Waals surface area contributed by atoms with Crippen LogP contribution in [-0.2, 0) is 19.7 Å². The first-order valence-corrected chi connectivity index (χ1v) is 10.1. The normalized spacial score (nSPS) is 12.1. The molecule has 0 aliphatic heterocycles. The van der Waals surface area contributed by atoms with Gasteiger partial charge in [0.2, 0.25) is 0 Å². The minimum Gasteiger partial charge on any atom is -0.396 e. The highest BCUT2D eigenvalue weighted by atomic mass is 32.2. The summed E-state index contributed by atoms with van der Waals surface area (Å²) >= 11 is 0.908. The van der Waals surface area contributed by atoms with Crippen LogP contribution in [0.3, 0.4) is 0 Å². The zero-order chi connectivity index (χ0) is 15.6. The molecular weight excluding hydrogens is 322 g/mol. The molecule has 1 aromatic heterocycles. The summed E-state index contributed by atoms with van der Waals surface area (Å²) in [5, 5.41) is 11.9. The van der Waals surface area contributed by atoms with Gasteiger partial charge in [-0.1, -0.05) is 6.92 Å². The van der Waals surface area contributed by atoms with Gasteiger partial charge >= 0.3 is 0 Å². The first-order chi connectivity index (χ1) is 9.12. The van der Waals surface area contributed by atoms with Crippen LogP contribution in [0.5, 0.6) is 0 Å². The molecule has 7 nitrogen and oxygen atoms in total. The van der Waals surface area contributed by atoms with Crippen molar-refractivity contribution in [1.29, 1.82) is 5.26 Å². The second-order valence-corrected chi connectivity index (χ2v) is 9.57. The number of nitriles is 1. The van der Waals surface area contributed by atoms with Crippen LogP contribution < -0.4 is 11.1 Å². The van der Waals surface area contributed by atoms with Crippen LogP contribution in [0.25, 0.3) is 0 Å². The Bertz CT molecular complexity index is 741. The Kier molecular flexibility index (Phi) is 5.01. The summed E-state index contributed by atoms with van der Waals surface area (Å²) in [6.07, 6.45) is 1.09. The van der Waals surface area contributed by atoms with E-state index in [-0.39, 0.29) is 38.5 Å². The predicted octanol–water partition coefficient (Wildman–Crippen LogP) is 0.452. The van der Waals surface area contributed by atoms with E-state index in [9.17, 15) is 16.8 Å². The Labute approximate surface area is 122 Å². The van der Waals surface area contributed by atoms with E-state index in [0.717, 1.165) is 17.6 Å². The fourth-order valence-electron chi connectivity index (χ4n) is 1.43. The third-order valence-electron chi connectivity index (χ3n) is 2.45. The topological polar surface area (TPSA) is 130 Å². The Morgan fingerprint density at radius 2 is 1.95 bits per heavy atom. The maximum absolute atomic E-state index is 12.0. The molecule has 0 saturated heterocycles. The van der Waals surface area contributed by atoms with Crippen LogP contribution in [-0.4, -0.2) is 41.1 Å². The van der Waals surface area contributed by atoms with Gasteiger partial charge in [-0.15, -0.1) is 11.3 Å². The first kappa shape index (κ1) is 16.7. The molecular formula is C10H15N3O4S3. The van der Waals surface area contributed by atoms with E-state index in [0.29, 0.717) is 0 Å². The summed E-state index contributed by atoms with van der Waals surface area (Å²) in [5.74, 6) is -0.294. The second-order valence-electron chi connectivity index (χ2n) is 4.07. The highest BCUT2D eigenvalue weighted by Gasteiger charge is 2.26. The Hall–Kier alpha value is -1.31. The van der Waals surface area contributed by atoms with Crippen molar-refractivity contribution < 1.29 is 16.8 Å². The SMILES string of the molecule is CCS(=O)(=O)c1c(NCCS(C)(=O)=O)sc(C#N)c1N. The number of sulfone groups is 2. The molecule has 0 aliphatic rings. The third-order valence-corrected chi connectivity index (χ3v) is 6.40. The quantitative estimate of drug-likeness (QED) is 0.770. The maximum Gasteiger partial charge on any atom is 0.183 e. The van der Waals surface area contributed by atoms with Crippen LogP contribution in [0.2, 0.25) is 0 Å². The minimum atomic E-state index is -3.59. The van der Waals surface area contributed by atoms with E-state index in [4.69, 9.17) is 11.0 Å². The zero-order valence-corrected chi connectivity index (χ0v) is 13.5. The number of nitrogens with two attached hydrogens (primary N) is 1. The van der Waals surface area contributed by atoms with E-state index in [2.05, 4.69) is 5.32 Å². The van der Waals surface area contributed by atoms with Crippen molar-refractivity contribution in [3.63, 3.8) is 0 Å². The number of nitrogen functional groups attached to an aromatic ring is 1. The Morgan fingerprint density at radius 3 is 2.40 bits per heavy atom. The monoisotopic (exact) mass is 337 g/mol. The summed E-state index contributed by atoms with van der Waals surface area (Å²) in [6.45, 7) is 1.52. The lowest BCUT2D eigenvalue weighted by molar-refractivity contribution is 0.598. The smallest absolute Gasteiger partial charge is 0.183 e. The van der Waals surface area contributed by atoms with Gasteiger partial charge in [-0.05, 0) is 0 Å². The average Bonchev–Trinajstić information content (AvgIpc) is 2.64. The van der Waals surface area contributed by atoms with Crippen molar-refractivity contribution in [2.45, 2.75) is 11.8 Å². The van der Waals surface area contributed by atoms with E-state index in [1.165, 1.54) is 6.92 Å². The van der Waals surface area contributed by atoms with Gasteiger partial charge in [0.15, 0.2) is 9.84 Å². The van der Waals surface area contributed by atoms with Gasteiger partial charge in [0.1, 0.15) is 30.7 Å². The molecule has 0 unspecified atom stereocenters. The van der Waals surface area contributed by atoms with Crippen LogP contribution in [0, 0.1) is 11.3 Å². The molecule has 0 fully saturated rings.